The number of carbonyl (C=O) groups is 1. The van der Waals surface area contributed by atoms with E-state index in [-0.39, 0.29) is 0 Å². The summed E-state index contributed by atoms with van der Waals surface area (Å²) in [4.78, 5) is 10.5. The maximum atomic E-state index is 10.5. The van der Waals surface area contributed by atoms with Gasteiger partial charge in [0.25, 0.3) is 0 Å². The highest BCUT2D eigenvalue weighted by atomic mass is 16.4. The molecule has 2 nitrogen and oxygen atoms in total. The maximum Gasteiger partial charge on any atom is 0.331 e. The minimum absolute atomic E-state index is 0.578. The standard InChI is InChI=1S/C9H10O2/c10-9(11)8-4-6-2-1-3-7(6)5-8/h4H,1-3,5H2,(H,10,11). The summed E-state index contributed by atoms with van der Waals surface area (Å²) in [5, 5.41) is 8.67. The SMILES string of the molecule is O=C(O)C1=CC2=C(CCC2)C1. The van der Waals surface area contributed by atoms with Gasteiger partial charge in [-0.3, -0.25) is 0 Å². The topological polar surface area (TPSA) is 37.3 Å². The number of allylic oxidation sites excluding steroid dienone is 3. The average molecular weight is 150 g/mol. The zero-order chi connectivity index (χ0) is 7.84. The van der Waals surface area contributed by atoms with Crippen LogP contribution in [0.1, 0.15) is 25.7 Å². The smallest absolute Gasteiger partial charge is 0.331 e. The molecule has 0 radical (unpaired) electrons. The van der Waals surface area contributed by atoms with Crippen molar-refractivity contribution >= 4 is 5.97 Å². The molecular formula is C9H10O2. The molecule has 0 saturated heterocycles. The van der Waals surface area contributed by atoms with E-state index in [2.05, 4.69) is 0 Å². The van der Waals surface area contributed by atoms with Gasteiger partial charge >= 0.3 is 5.97 Å². The van der Waals surface area contributed by atoms with Crippen LogP contribution in [0, 0.1) is 0 Å². The summed E-state index contributed by atoms with van der Waals surface area (Å²) in [5.41, 5.74) is 3.24. The van der Waals surface area contributed by atoms with E-state index < -0.39 is 5.97 Å². The Morgan fingerprint density at radius 1 is 1.45 bits per heavy atom. The minimum atomic E-state index is -0.751. The molecule has 0 unspecified atom stereocenters. The van der Waals surface area contributed by atoms with Gasteiger partial charge in [0, 0.05) is 12.0 Å². The van der Waals surface area contributed by atoms with Crippen LogP contribution >= 0.6 is 0 Å². The highest BCUT2D eigenvalue weighted by Crippen LogP contribution is 2.37. The van der Waals surface area contributed by atoms with Gasteiger partial charge in [-0.2, -0.15) is 0 Å². The summed E-state index contributed by atoms with van der Waals surface area (Å²) in [6.45, 7) is 0. The van der Waals surface area contributed by atoms with Crippen molar-refractivity contribution in [2.75, 3.05) is 0 Å². The lowest BCUT2D eigenvalue weighted by atomic mass is 10.1. The summed E-state index contributed by atoms with van der Waals surface area (Å²) in [7, 11) is 0. The van der Waals surface area contributed by atoms with E-state index in [0.717, 1.165) is 12.8 Å². The third-order valence-electron chi connectivity index (χ3n) is 2.41. The molecule has 0 aromatic rings. The number of hydrogen-bond donors (Lipinski definition) is 1. The molecule has 0 aromatic heterocycles. The molecule has 58 valence electrons. The molecular weight excluding hydrogens is 140 g/mol. The van der Waals surface area contributed by atoms with Crippen molar-refractivity contribution in [3.63, 3.8) is 0 Å². The lowest BCUT2D eigenvalue weighted by Gasteiger charge is -1.96. The first-order chi connectivity index (χ1) is 5.27. The van der Waals surface area contributed by atoms with Crippen molar-refractivity contribution in [1.29, 1.82) is 0 Å². The van der Waals surface area contributed by atoms with Gasteiger partial charge in [-0.05, 0) is 30.9 Å². The fourth-order valence-electron chi connectivity index (χ4n) is 1.83. The third kappa shape index (κ3) is 0.985. The van der Waals surface area contributed by atoms with Crippen LogP contribution in [0.4, 0.5) is 0 Å². The molecule has 0 spiro atoms. The molecule has 2 aliphatic rings. The second-order valence-electron chi connectivity index (χ2n) is 3.13. The van der Waals surface area contributed by atoms with Gasteiger partial charge in [-0.25, -0.2) is 4.79 Å². The van der Waals surface area contributed by atoms with Crippen molar-refractivity contribution < 1.29 is 9.90 Å². The Balaban J connectivity index is 2.20. The highest BCUT2D eigenvalue weighted by Gasteiger charge is 2.23. The van der Waals surface area contributed by atoms with Crippen LogP contribution in [0.15, 0.2) is 22.8 Å². The summed E-state index contributed by atoms with van der Waals surface area (Å²) in [6, 6.07) is 0. The zero-order valence-corrected chi connectivity index (χ0v) is 6.26. The monoisotopic (exact) mass is 150 g/mol. The molecule has 0 aliphatic heterocycles. The first-order valence-electron chi connectivity index (χ1n) is 3.92. The van der Waals surface area contributed by atoms with E-state index in [1.54, 1.807) is 0 Å². The Morgan fingerprint density at radius 3 is 2.91 bits per heavy atom. The van der Waals surface area contributed by atoms with Gasteiger partial charge in [-0.15, -0.1) is 0 Å². The highest BCUT2D eigenvalue weighted by molar-refractivity contribution is 5.89. The zero-order valence-electron chi connectivity index (χ0n) is 6.26. The Bertz CT molecular complexity index is 271. The summed E-state index contributed by atoms with van der Waals surface area (Å²) in [6.07, 6.45) is 5.97. The molecule has 0 bridgehead atoms. The third-order valence-corrected chi connectivity index (χ3v) is 2.41. The van der Waals surface area contributed by atoms with Crippen LogP contribution in [-0.2, 0) is 4.79 Å². The molecule has 0 aromatic carbocycles. The number of rotatable bonds is 1. The van der Waals surface area contributed by atoms with Gasteiger partial charge in [0.1, 0.15) is 0 Å². The fraction of sp³-hybridized carbons (Fsp3) is 0.444. The van der Waals surface area contributed by atoms with Crippen LogP contribution in [0.2, 0.25) is 0 Å². The van der Waals surface area contributed by atoms with Gasteiger partial charge in [0.15, 0.2) is 0 Å². The molecule has 2 rings (SSSR count). The normalized spacial score (nSPS) is 22.0. The fourth-order valence-corrected chi connectivity index (χ4v) is 1.83. The van der Waals surface area contributed by atoms with Crippen LogP contribution in [0.3, 0.4) is 0 Å². The predicted octanol–water partition coefficient (Wildman–Crippen LogP) is 1.88. The molecule has 2 heteroatoms. The summed E-state index contributed by atoms with van der Waals surface area (Å²) in [5.74, 6) is -0.751. The van der Waals surface area contributed by atoms with Gasteiger partial charge in [0.05, 0.1) is 0 Å². The number of hydrogen-bond acceptors (Lipinski definition) is 1. The lowest BCUT2D eigenvalue weighted by Crippen LogP contribution is -1.98. The van der Waals surface area contributed by atoms with E-state index in [1.807, 2.05) is 6.08 Å². The Hall–Kier alpha value is -1.05. The molecule has 0 atom stereocenters. The number of carboxylic acid groups (broad SMARTS) is 1. The second kappa shape index (κ2) is 2.22. The van der Waals surface area contributed by atoms with Gasteiger partial charge in [-0.1, -0.05) is 5.57 Å². The van der Waals surface area contributed by atoms with Crippen molar-refractivity contribution in [3.8, 4) is 0 Å². The Labute approximate surface area is 65.2 Å². The van der Waals surface area contributed by atoms with Crippen molar-refractivity contribution in [3.05, 3.63) is 22.8 Å². The number of carboxylic acids is 1. The summed E-state index contributed by atoms with van der Waals surface area (Å²) < 4.78 is 0. The largest absolute Gasteiger partial charge is 0.478 e. The van der Waals surface area contributed by atoms with Crippen molar-refractivity contribution in [2.24, 2.45) is 0 Å². The van der Waals surface area contributed by atoms with E-state index in [0.29, 0.717) is 12.0 Å². The predicted molar refractivity (Wildman–Crippen MR) is 41.2 cm³/mol. The lowest BCUT2D eigenvalue weighted by molar-refractivity contribution is -0.132. The van der Waals surface area contributed by atoms with E-state index in [9.17, 15) is 4.79 Å². The van der Waals surface area contributed by atoms with Crippen molar-refractivity contribution in [1.82, 2.24) is 0 Å². The minimum Gasteiger partial charge on any atom is -0.478 e. The van der Waals surface area contributed by atoms with E-state index >= 15 is 0 Å². The van der Waals surface area contributed by atoms with Gasteiger partial charge in [0.2, 0.25) is 0 Å². The first-order valence-corrected chi connectivity index (χ1v) is 3.92. The Kier molecular flexibility index (Phi) is 1.34. The molecule has 2 aliphatic carbocycles. The molecule has 0 amide bonds. The van der Waals surface area contributed by atoms with Crippen LogP contribution in [-0.4, -0.2) is 11.1 Å². The maximum absolute atomic E-state index is 10.5. The van der Waals surface area contributed by atoms with E-state index in [4.69, 9.17) is 5.11 Å². The van der Waals surface area contributed by atoms with Crippen molar-refractivity contribution in [2.45, 2.75) is 25.7 Å². The van der Waals surface area contributed by atoms with Gasteiger partial charge < -0.3 is 5.11 Å². The van der Waals surface area contributed by atoms with Crippen LogP contribution in [0.5, 0.6) is 0 Å². The van der Waals surface area contributed by atoms with Crippen LogP contribution < -0.4 is 0 Å². The second-order valence-corrected chi connectivity index (χ2v) is 3.13. The Morgan fingerprint density at radius 2 is 2.27 bits per heavy atom. The molecule has 0 heterocycles. The summed E-state index contributed by atoms with van der Waals surface area (Å²) >= 11 is 0. The molecule has 1 N–H and O–H groups in total. The first kappa shape index (κ1) is 6.65. The average Bonchev–Trinajstić information content (AvgIpc) is 2.40. The quantitative estimate of drug-likeness (QED) is 0.619. The number of aliphatic carboxylic acids is 1. The van der Waals surface area contributed by atoms with Crippen LogP contribution in [0.25, 0.3) is 0 Å². The van der Waals surface area contributed by atoms with E-state index in [1.165, 1.54) is 17.6 Å². The molecule has 0 saturated carbocycles. The molecule has 0 fully saturated rings. The molecule has 11 heavy (non-hydrogen) atoms.